The molecule has 0 spiro atoms. The number of halogens is 1. The predicted molar refractivity (Wildman–Crippen MR) is 112 cm³/mol. The van der Waals surface area contributed by atoms with Crippen LogP contribution in [0.2, 0.25) is 0 Å². The van der Waals surface area contributed by atoms with Crippen molar-refractivity contribution in [2.45, 2.75) is 37.8 Å². The van der Waals surface area contributed by atoms with Gasteiger partial charge in [0.05, 0.1) is 36.1 Å². The van der Waals surface area contributed by atoms with Crippen molar-refractivity contribution in [3.63, 3.8) is 0 Å². The van der Waals surface area contributed by atoms with E-state index in [2.05, 4.69) is 15.1 Å². The molecule has 0 unspecified atom stereocenters. The van der Waals surface area contributed by atoms with E-state index >= 15 is 0 Å². The molecule has 31 heavy (non-hydrogen) atoms. The van der Waals surface area contributed by atoms with Gasteiger partial charge in [0, 0.05) is 31.4 Å². The molecule has 10 heteroatoms. The van der Waals surface area contributed by atoms with Gasteiger partial charge in [-0.25, -0.2) is 17.8 Å². The lowest BCUT2D eigenvalue weighted by molar-refractivity contribution is -0.00509. The van der Waals surface area contributed by atoms with Gasteiger partial charge in [-0.15, -0.1) is 0 Å². The number of aromatic nitrogens is 4. The van der Waals surface area contributed by atoms with Gasteiger partial charge in [-0.3, -0.25) is 9.67 Å². The van der Waals surface area contributed by atoms with E-state index in [4.69, 9.17) is 4.74 Å². The number of benzene rings is 1. The third-order valence-corrected chi connectivity index (χ3v) is 7.10. The van der Waals surface area contributed by atoms with E-state index in [1.165, 1.54) is 22.8 Å². The first kappa shape index (κ1) is 21.5. The molecular formula is C21H24FN5O3S. The van der Waals surface area contributed by atoms with Crippen molar-refractivity contribution in [1.82, 2.24) is 24.1 Å². The summed E-state index contributed by atoms with van der Waals surface area (Å²) in [6.45, 7) is 4.90. The van der Waals surface area contributed by atoms with Crippen molar-refractivity contribution in [3.8, 4) is 11.3 Å². The quantitative estimate of drug-likeness (QED) is 0.580. The van der Waals surface area contributed by atoms with Gasteiger partial charge < -0.3 is 4.74 Å². The van der Waals surface area contributed by atoms with E-state index in [0.29, 0.717) is 29.2 Å². The Kier molecular flexibility index (Phi) is 6.12. The van der Waals surface area contributed by atoms with Gasteiger partial charge >= 0.3 is 0 Å². The van der Waals surface area contributed by atoms with Crippen LogP contribution in [0, 0.1) is 12.7 Å². The number of hydrogen-bond acceptors (Lipinski definition) is 6. The number of morpholine rings is 1. The maximum atomic E-state index is 14.2. The van der Waals surface area contributed by atoms with E-state index in [9.17, 15) is 12.8 Å². The molecule has 0 aliphatic carbocycles. The third kappa shape index (κ3) is 4.36. The van der Waals surface area contributed by atoms with Crippen LogP contribution < -0.4 is 0 Å². The first-order valence-electron chi connectivity index (χ1n) is 10.1. The lowest BCUT2D eigenvalue weighted by Crippen LogP contribution is -2.42. The van der Waals surface area contributed by atoms with E-state index in [1.54, 1.807) is 36.0 Å². The third-order valence-electron chi connectivity index (χ3n) is 5.13. The number of hydrogen-bond donors (Lipinski definition) is 0. The highest BCUT2D eigenvalue weighted by atomic mass is 32.2. The van der Waals surface area contributed by atoms with Gasteiger partial charge in [0.1, 0.15) is 16.8 Å². The van der Waals surface area contributed by atoms with E-state index in [1.807, 2.05) is 6.92 Å². The minimum atomic E-state index is -3.74. The molecule has 3 heterocycles. The highest BCUT2D eigenvalue weighted by molar-refractivity contribution is 7.89. The second kappa shape index (κ2) is 8.81. The van der Waals surface area contributed by atoms with Gasteiger partial charge in [0.15, 0.2) is 0 Å². The summed E-state index contributed by atoms with van der Waals surface area (Å²) in [4.78, 5) is 8.87. The number of sulfonamides is 1. The second-order valence-corrected chi connectivity index (χ2v) is 9.28. The topological polar surface area (TPSA) is 90.2 Å². The fourth-order valence-corrected chi connectivity index (χ4v) is 5.19. The molecule has 1 fully saturated rings. The monoisotopic (exact) mass is 445 g/mol. The molecule has 1 aliphatic rings. The second-order valence-electron chi connectivity index (χ2n) is 7.37. The van der Waals surface area contributed by atoms with Gasteiger partial charge in [-0.05, 0) is 25.5 Å². The molecule has 0 radical (unpaired) electrons. The summed E-state index contributed by atoms with van der Waals surface area (Å²) < 4.78 is 49.5. The van der Waals surface area contributed by atoms with Crippen molar-refractivity contribution < 1.29 is 17.5 Å². The van der Waals surface area contributed by atoms with Crippen molar-refractivity contribution >= 4 is 10.0 Å². The maximum absolute atomic E-state index is 14.2. The molecule has 0 amide bonds. The maximum Gasteiger partial charge on any atom is 0.246 e. The number of nitrogens with zero attached hydrogens (tertiary/aromatic N) is 5. The van der Waals surface area contributed by atoms with Crippen LogP contribution >= 0.6 is 0 Å². The fraction of sp³-hybridized carbons (Fsp3) is 0.381. The molecule has 164 valence electrons. The molecule has 0 bridgehead atoms. The molecule has 1 saturated heterocycles. The minimum absolute atomic E-state index is 0.0934. The van der Waals surface area contributed by atoms with Crippen LogP contribution in [0.3, 0.4) is 0 Å². The van der Waals surface area contributed by atoms with Gasteiger partial charge in [0.2, 0.25) is 10.0 Å². The minimum Gasteiger partial charge on any atom is -0.369 e. The van der Waals surface area contributed by atoms with Crippen LogP contribution in [0.1, 0.15) is 30.8 Å². The summed E-state index contributed by atoms with van der Waals surface area (Å²) in [7, 11) is -3.74. The molecule has 3 aromatic rings. The summed E-state index contributed by atoms with van der Waals surface area (Å²) in [5, 5.41) is 4.31. The van der Waals surface area contributed by atoms with Crippen LogP contribution in [0.15, 0.2) is 47.8 Å². The molecular weight excluding hydrogens is 421 g/mol. The Morgan fingerprint density at radius 3 is 2.84 bits per heavy atom. The van der Waals surface area contributed by atoms with Crippen molar-refractivity contribution in [2.75, 3.05) is 19.7 Å². The normalized spacial score (nSPS) is 17.7. The SMILES string of the molecule is CCCn1cc(S(=O)(=O)N2CCO[C@H](c3cncc(-c4ccccc4F)n3)C2)c(C)n1. The zero-order valence-electron chi connectivity index (χ0n) is 17.4. The summed E-state index contributed by atoms with van der Waals surface area (Å²) in [6, 6.07) is 6.31. The molecule has 0 saturated carbocycles. The zero-order chi connectivity index (χ0) is 22.0. The first-order valence-corrected chi connectivity index (χ1v) is 11.6. The van der Waals surface area contributed by atoms with Crippen LogP contribution in [-0.2, 0) is 21.3 Å². The summed E-state index contributed by atoms with van der Waals surface area (Å²) >= 11 is 0. The highest BCUT2D eigenvalue weighted by Crippen LogP contribution is 2.28. The molecule has 4 rings (SSSR count). The summed E-state index contributed by atoms with van der Waals surface area (Å²) in [6.07, 6.45) is 4.84. The highest BCUT2D eigenvalue weighted by Gasteiger charge is 2.34. The Balaban J connectivity index is 1.59. The van der Waals surface area contributed by atoms with E-state index < -0.39 is 21.9 Å². The first-order chi connectivity index (χ1) is 14.9. The van der Waals surface area contributed by atoms with Crippen molar-refractivity contribution in [3.05, 3.63) is 60.1 Å². The Morgan fingerprint density at radius 2 is 2.06 bits per heavy atom. The standard InChI is InChI=1S/C21H24FN5O3S/c1-3-8-26-14-21(15(2)25-26)31(28,29)27-9-10-30-20(13-27)19-12-23-11-18(24-19)16-6-4-5-7-17(16)22/h4-7,11-12,14,20H,3,8-10,13H2,1-2H3/t20-/m0/s1. The molecule has 2 aromatic heterocycles. The van der Waals surface area contributed by atoms with Crippen LogP contribution in [0.25, 0.3) is 11.3 Å². The van der Waals surface area contributed by atoms with Crippen molar-refractivity contribution in [1.29, 1.82) is 0 Å². The Labute approximate surface area is 180 Å². The summed E-state index contributed by atoms with van der Waals surface area (Å²) in [5.74, 6) is -0.401. The van der Waals surface area contributed by atoms with E-state index in [-0.39, 0.29) is 24.6 Å². The van der Waals surface area contributed by atoms with Crippen molar-refractivity contribution in [2.24, 2.45) is 0 Å². The fourth-order valence-electron chi connectivity index (χ4n) is 3.59. The van der Waals surface area contributed by atoms with Crippen LogP contribution in [-0.4, -0.2) is 52.2 Å². The average Bonchev–Trinajstić information content (AvgIpc) is 3.15. The van der Waals surface area contributed by atoms with Gasteiger partial charge in [0.25, 0.3) is 0 Å². The Bertz CT molecular complexity index is 1180. The molecule has 1 aliphatic heterocycles. The Morgan fingerprint density at radius 1 is 1.26 bits per heavy atom. The average molecular weight is 446 g/mol. The zero-order valence-corrected chi connectivity index (χ0v) is 18.2. The number of rotatable bonds is 6. The molecule has 0 N–H and O–H groups in total. The summed E-state index contributed by atoms with van der Waals surface area (Å²) in [5.41, 5.74) is 1.63. The lowest BCUT2D eigenvalue weighted by Gasteiger charge is -2.31. The molecule has 1 atom stereocenters. The largest absolute Gasteiger partial charge is 0.369 e. The molecule has 1 aromatic carbocycles. The lowest BCUT2D eigenvalue weighted by atomic mass is 10.1. The van der Waals surface area contributed by atoms with Gasteiger partial charge in [-0.1, -0.05) is 19.1 Å². The number of aryl methyl sites for hydroxylation is 2. The van der Waals surface area contributed by atoms with Crippen LogP contribution in [0.5, 0.6) is 0 Å². The predicted octanol–water partition coefficient (Wildman–Crippen LogP) is 2.96. The van der Waals surface area contributed by atoms with E-state index in [0.717, 1.165) is 6.42 Å². The number of ether oxygens (including phenoxy) is 1. The smallest absolute Gasteiger partial charge is 0.246 e. The molecule has 8 nitrogen and oxygen atoms in total. The van der Waals surface area contributed by atoms with Crippen LogP contribution in [0.4, 0.5) is 4.39 Å². The van der Waals surface area contributed by atoms with Gasteiger partial charge in [-0.2, -0.15) is 9.40 Å². The Hall–Kier alpha value is -2.69.